The van der Waals surface area contributed by atoms with Gasteiger partial charge in [-0.15, -0.1) is 0 Å². The van der Waals surface area contributed by atoms with Gasteiger partial charge in [0.15, 0.2) is 5.13 Å². The molecule has 5 aromatic rings. The molecule has 0 spiro atoms. The number of rotatable bonds is 3. The molecule has 6 heteroatoms. The molecule has 0 unspecified atom stereocenters. The van der Waals surface area contributed by atoms with Gasteiger partial charge in [-0.1, -0.05) is 53.8 Å². The Labute approximate surface area is 165 Å². The number of fused-ring (bicyclic) bond motifs is 2. The third-order valence-corrected chi connectivity index (χ3v) is 5.57. The second kappa shape index (κ2) is 6.58. The van der Waals surface area contributed by atoms with E-state index in [0.29, 0.717) is 10.7 Å². The molecule has 136 valence electrons. The van der Waals surface area contributed by atoms with Crippen molar-refractivity contribution in [1.29, 1.82) is 0 Å². The number of carbonyl (C=O) groups excluding carboxylic acids is 1. The maximum absolute atomic E-state index is 12.7. The fraction of sp³-hybridized carbons (Fsp3) is 0.0455. The smallest absolute Gasteiger partial charge is 0.257 e. The highest BCUT2D eigenvalue weighted by atomic mass is 32.1. The third-order valence-electron chi connectivity index (χ3n) is 4.63. The van der Waals surface area contributed by atoms with Gasteiger partial charge >= 0.3 is 0 Å². The summed E-state index contributed by atoms with van der Waals surface area (Å²) in [5.41, 5.74) is 5.22. The summed E-state index contributed by atoms with van der Waals surface area (Å²) in [6.45, 7) is 2.02. The number of aromatic nitrogens is 3. The molecular weight excluding hydrogens is 368 g/mol. The normalized spacial score (nSPS) is 11.2. The van der Waals surface area contributed by atoms with E-state index in [1.165, 1.54) is 11.3 Å². The Morgan fingerprint density at radius 3 is 2.71 bits per heavy atom. The summed E-state index contributed by atoms with van der Waals surface area (Å²) in [4.78, 5) is 21.9. The summed E-state index contributed by atoms with van der Waals surface area (Å²) >= 11 is 1.48. The van der Waals surface area contributed by atoms with Gasteiger partial charge in [-0.2, -0.15) is 0 Å². The Kier molecular flexibility index (Phi) is 3.91. The number of anilines is 1. The summed E-state index contributed by atoms with van der Waals surface area (Å²) < 4.78 is 2.98. The monoisotopic (exact) mass is 384 g/mol. The highest BCUT2D eigenvalue weighted by Crippen LogP contribution is 2.28. The number of hydrogen-bond acceptors (Lipinski definition) is 4. The summed E-state index contributed by atoms with van der Waals surface area (Å²) in [5, 5.41) is 3.51. The molecule has 5 rings (SSSR count). The number of aryl methyl sites for hydroxylation is 1. The molecule has 0 aliphatic carbocycles. The number of thiazole rings is 1. The van der Waals surface area contributed by atoms with Crippen LogP contribution in [0.25, 0.3) is 27.1 Å². The quantitative estimate of drug-likeness (QED) is 0.467. The maximum Gasteiger partial charge on any atom is 0.257 e. The van der Waals surface area contributed by atoms with Gasteiger partial charge in [-0.3, -0.25) is 10.1 Å². The fourth-order valence-corrected chi connectivity index (χ4v) is 4.12. The molecule has 0 saturated carbocycles. The Bertz CT molecular complexity index is 1320. The predicted molar refractivity (Wildman–Crippen MR) is 113 cm³/mol. The number of para-hydroxylation sites is 1. The summed E-state index contributed by atoms with van der Waals surface area (Å²) in [5.74, 6) is -0.191. The molecule has 3 aromatic heterocycles. The second-order valence-electron chi connectivity index (χ2n) is 6.57. The van der Waals surface area contributed by atoms with Gasteiger partial charge in [0, 0.05) is 23.5 Å². The minimum absolute atomic E-state index is 0.191. The molecule has 0 aliphatic rings. The number of nitrogens with zero attached hydrogens (tertiary/aromatic N) is 3. The Morgan fingerprint density at radius 1 is 1.04 bits per heavy atom. The maximum atomic E-state index is 12.7. The molecule has 1 N–H and O–H groups in total. The molecule has 0 atom stereocenters. The van der Waals surface area contributed by atoms with E-state index in [1.54, 1.807) is 12.1 Å². The van der Waals surface area contributed by atoms with Gasteiger partial charge in [0.25, 0.3) is 5.91 Å². The molecule has 28 heavy (non-hydrogen) atoms. The van der Waals surface area contributed by atoms with Crippen LogP contribution in [-0.2, 0) is 0 Å². The zero-order chi connectivity index (χ0) is 19.1. The zero-order valence-electron chi connectivity index (χ0n) is 15.1. The van der Waals surface area contributed by atoms with E-state index in [-0.39, 0.29) is 5.91 Å². The molecule has 5 nitrogen and oxygen atoms in total. The number of imidazole rings is 1. The van der Waals surface area contributed by atoms with Crippen LogP contribution in [0.1, 0.15) is 15.9 Å². The van der Waals surface area contributed by atoms with Crippen molar-refractivity contribution >= 4 is 38.2 Å². The van der Waals surface area contributed by atoms with Crippen molar-refractivity contribution in [2.45, 2.75) is 6.92 Å². The number of amides is 1. The SMILES string of the molecule is Cc1cccc2sc(NC(=O)c3ccn4cc(-c5ccccc5)nc4c3)nc12. The number of carbonyl (C=O) groups is 1. The lowest BCUT2D eigenvalue weighted by atomic mass is 10.2. The molecular formula is C22H16N4OS. The number of benzene rings is 2. The summed E-state index contributed by atoms with van der Waals surface area (Å²) in [6.07, 6.45) is 3.81. The van der Waals surface area contributed by atoms with E-state index in [0.717, 1.165) is 32.7 Å². The van der Waals surface area contributed by atoms with Crippen LogP contribution in [0.2, 0.25) is 0 Å². The number of hydrogen-bond donors (Lipinski definition) is 1. The fourth-order valence-electron chi connectivity index (χ4n) is 3.18. The van der Waals surface area contributed by atoms with Gasteiger partial charge in [0.1, 0.15) is 5.65 Å². The lowest BCUT2D eigenvalue weighted by Gasteiger charge is -2.02. The highest BCUT2D eigenvalue weighted by Gasteiger charge is 2.13. The van der Waals surface area contributed by atoms with Crippen LogP contribution in [0.4, 0.5) is 5.13 Å². The molecule has 0 bridgehead atoms. The van der Waals surface area contributed by atoms with E-state index >= 15 is 0 Å². The van der Waals surface area contributed by atoms with Crippen LogP contribution in [-0.4, -0.2) is 20.3 Å². The predicted octanol–water partition coefficient (Wildman–Crippen LogP) is 5.17. The lowest BCUT2D eigenvalue weighted by molar-refractivity contribution is 0.102. The van der Waals surface area contributed by atoms with Gasteiger partial charge in [-0.25, -0.2) is 9.97 Å². The number of nitrogens with one attached hydrogen (secondary N) is 1. The van der Waals surface area contributed by atoms with Crippen molar-refractivity contribution in [3.63, 3.8) is 0 Å². The molecule has 1 amide bonds. The first kappa shape index (κ1) is 16.6. The Balaban J connectivity index is 1.44. The van der Waals surface area contributed by atoms with Gasteiger partial charge in [0.2, 0.25) is 0 Å². The lowest BCUT2D eigenvalue weighted by Crippen LogP contribution is -2.11. The second-order valence-corrected chi connectivity index (χ2v) is 7.60. The molecule has 0 radical (unpaired) electrons. The van der Waals surface area contributed by atoms with Crippen LogP contribution in [0, 0.1) is 6.92 Å². The summed E-state index contributed by atoms with van der Waals surface area (Å²) in [6, 6.07) is 19.6. The molecule has 2 aromatic carbocycles. The van der Waals surface area contributed by atoms with Gasteiger partial charge in [-0.05, 0) is 30.7 Å². The zero-order valence-corrected chi connectivity index (χ0v) is 15.9. The minimum Gasteiger partial charge on any atom is -0.306 e. The largest absolute Gasteiger partial charge is 0.306 e. The van der Waals surface area contributed by atoms with Crippen molar-refractivity contribution in [2.75, 3.05) is 5.32 Å². The van der Waals surface area contributed by atoms with Crippen molar-refractivity contribution in [1.82, 2.24) is 14.4 Å². The Hall–Kier alpha value is -3.51. The average Bonchev–Trinajstić information content (AvgIpc) is 3.32. The Morgan fingerprint density at radius 2 is 1.89 bits per heavy atom. The third kappa shape index (κ3) is 2.93. The van der Waals surface area contributed by atoms with Crippen molar-refractivity contribution < 1.29 is 4.79 Å². The van der Waals surface area contributed by atoms with Crippen LogP contribution in [0.15, 0.2) is 73.1 Å². The highest BCUT2D eigenvalue weighted by molar-refractivity contribution is 7.22. The van der Waals surface area contributed by atoms with Crippen LogP contribution in [0.5, 0.6) is 0 Å². The minimum atomic E-state index is -0.191. The molecule has 0 saturated heterocycles. The van der Waals surface area contributed by atoms with Crippen molar-refractivity contribution in [3.8, 4) is 11.3 Å². The van der Waals surface area contributed by atoms with Crippen molar-refractivity contribution in [3.05, 3.63) is 84.2 Å². The van der Waals surface area contributed by atoms with E-state index in [4.69, 9.17) is 0 Å². The van der Waals surface area contributed by atoms with Crippen molar-refractivity contribution in [2.24, 2.45) is 0 Å². The molecule has 0 aliphatic heterocycles. The standard InChI is InChI=1S/C22H16N4OS/c1-14-6-5-9-18-20(14)24-22(28-18)25-21(27)16-10-11-26-13-17(23-19(26)12-16)15-7-3-2-4-8-15/h2-13H,1H3,(H,24,25,27). The summed E-state index contributed by atoms with van der Waals surface area (Å²) in [7, 11) is 0. The first-order chi connectivity index (χ1) is 13.7. The van der Waals surface area contributed by atoms with Crippen LogP contribution in [0.3, 0.4) is 0 Å². The van der Waals surface area contributed by atoms with Gasteiger partial charge in [0.05, 0.1) is 15.9 Å². The van der Waals surface area contributed by atoms with E-state index < -0.39 is 0 Å². The van der Waals surface area contributed by atoms with Gasteiger partial charge < -0.3 is 4.40 Å². The first-order valence-electron chi connectivity index (χ1n) is 8.89. The van der Waals surface area contributed by atoms with Crippen LogP contribution < -0.4 is 5.32 Å². The first-order valence-corrected chi connectivity index (χ1v) is 9.71. The average molecular weight is 384 g/mol. The topological polar surface area (TPSA) is 59.3 Å². The van der Waals surface area contributed by atoms with E-state index in [1.807, 2.05) is 72.2 Å². The van der Waals surface area contributed by atoms with E-state index in [2.05, 4.69) is 15.3 Å². The molecule has 3 heterocycles. The van der Waals surface area contributed by atoms with Crippen LogP contribution >= 0.6 is 11.3 Å². The number of pyridine rings is 1. The molecule has 0 fully saturated rings. The van der Waals surface area contributed by atoms with E-state index in [9.17, 15) is 4.79 Å².